The summed E-state index contributed by atoms with van der Waals surface area (Å²) >= 11 is 0. The minimum absolute atomic E-state index is 0.310. The third kappa shape index (κ3) is 2.25. The van der Waals surface area contributed by atoms with Crippen molar-refractivity contribution < 1.29 is 14.3 Å². The normalized spacial score (nSPS) is 10.7. The average Bonchev–Trinajstić information content (AvgIpc) is 2.72. The van der Waals surface area contributed by atoms with Gasteiger partial charge in [-0.25, -0.2) is 14.8 Å². The lowest BCUT2D eigenvalue weighted by molar-refractivity contribution is 0.0521. The Morgan fingerprint density at radius 3 is 2.74 bits per heavy atom. The predicted octanol–water partition coefficient (Wildman–Crippen LogP) is 1.85. The first kappa shape index (κ1) is 13.3. The van der Waals surface area contributed by atoms with Crippen molar-refractivity contribution in [2.45, 2.75) is 20.8 Å². The van der Waals surface area contributed by atoms with Gasteiger partial charge in [0.1, 0.15) is 5.56 Å². The van der Waals surface area contributed by atoms with Crippen molar-refractivity contribution in [1.29, 1.82) is 0 Å². The Balaban J connectivity index is 2.70. The van der Waals surface area contributed by atoms with Crippen molar-refractivity contribution in [2.24, 2.45) is 7.05 Å². The van der Waals surface area contributed by atoms with Gasteiger partial charge >= 0.3 is 5.97 Å². The zero-order valence-corrected chi connectivity index (χ0v) is 11.6. The van der Waals surface area contributed by atoms with Crippen LogP contribution in [0.2, 0.25) is 0 Å². The van der Waals surface area contributed by atoms with Gasteiger partial charge in [-0.15, -0.1) is 0 Å². The van der Waals surface area contributed by atoms with Gasteiger partial charge in [-0.05, 0) is 20.8 Å². The van der Waals surface area contributed by atoms with Gasteiger partial charge in [0, 0.05) is 7.05 Å². The number of nitrogens with zero attached hydrogens (tertiary/aromatic N) is 3. The molecule has 0 aliphatic rings. The van der Waals surface area contributed by atoms with Crippen LogP contribution < -0.4 is 4.74 Å². The van der Waals surface area contributed by atoms with Gasteiger partial charge in [-0.1, -0.05) is 0 Å². The first-order valence-corrected chi connectivity index (χ1v) is 6.21. The van der Waals surface area contributed by atoms with Crippen LogP contribution in [0.5, 0.6) is 5.75 Å². The molecule has 2 heterocycles. The van der Waals surface area contributed by atoms with E-state index in [0.29, 0.717) is 41.4 Å². The molecule has 0 amide bonds. The Labute approximate surface area is 111 Å². The highest BCUT2D eigenvalue weighted by Crippen LogP contribution is 2.30. The highest BCUT2D eigenvalue weighted by molar-refractivity contribution is 5.99. The Morgan fingerprint density at radius 2 is 2.11 bits per heavy atom. The van der Waals surface area contributed by atoms with Crippen LogP contribution in [0.25, 0.3) is 11.2 Å². The van der Waals surface area contributed by atoms with Crippen LogP contribution in [0.1, 0.15) is 29.9 Å². The molecular formula is C13H17N3O3. The molecule has 0 aromatic carbocycles. The first-order chi connectivity index (χ1) is 9.10. The van der Waals surface area contributed by atoms with E-state index in [-0.39, 0.29) is 0 Å². The van der Waals surface area contributed by atoms with Crippen molar-refractivity contribution >= 4 is 17.1 Å². The largest absolute Gasteiger partial charge is 0.490 e. The summed E-state index contributed by atoms with van der Waals surface area (Å²) in [5.74, 6) is 0.0209. The second kappa shape index (κ2) is 5.26. The summed E-state index contributed by atoms with van der Waals surface area (Å²) in [6, 6.07) is 0. The van der Waals surface area contributed by atoms with Crippen LogP contribution in [0.3, 0.4) is 0 Å². The molecule has 2 rings (SSSR count). The van der Waals surface area contributed by atoms with Crippen molar-refractivity contribution in [2.75, 3.05) is 13.2 Å². The quantitative estimate of drug-likeness (QED) is 0.787. The molecule has 0 atom stereocenters. The van der Waals surface area contributed by atoms with E-state index in [4.69, 9.17) is 9.47 Å². The molecule has 0 saturated heterocycles. The summed E-state index contributed by atoms with van der Waals surface area (Å²) in [6.45, 7) is 6.15. The molecule has 0 aliphatic heterocycles. The maximum atomic E-state index is 12.0. The number of aromatic nitrogens is 3. The highest BCUT2D eigenvalue weighted by Gasteiger charge is 2.23. The SMILES string of the molecule is CCOC(=O)c1c(C)nc2c(ncn2C)c1OCC. The fourth-order valence-corrected chi connectivity index (χ4v) is 1.94. The maximum Gasteiger partial charge on any atom is 0.343 e. The van der Waals surface area contributed by atoms with E-state index in [1.54, 1.807) is 24.7 Å². The zero-order valence-electron chi connectivity index (χ0n) is 11.6. The topological polar surface area (TPSA) is 66.2 Å². The molecule has 0 bridgehead atoms. The fraction of sp³-hybridized carbons (Fsp3) is 0.462. The van der Waals surface area contributed by atoms with E-state index in [1.165, 1.54) is 0 Å². The minimum Gasteiger partial charge on any atom is -0.490 e. The number of hydrogen-bond donors (Lipinski definition) is 0. The van der Waals surface area contributed by atoms with Crippen LogP contribution in [0.15, 0.2) is 6.33 Å². The summed E-state index contributed by atoms with van der Waals surface area (Å²) in [4.78, 5) is 20.7. The number of pyridine rings is 1. The molecule has 6 nitrogen and oxygen atoms in total. The Morgan fingerprint density at radius 1 is 1.37 bits per heavy atom. The molecule has 6 heteroatoms. The van der Waals surface area contributed by atoms with Gasteiger partial charge in [0.2, 0.25) is 0 Å². The summed E-state index contributed by atoms with van der Waals surface area (Å²) in [6.07, 6.45) is 1.65. The summed E-state index contributed by atoms with van der Waals surface area (Å²) in [5.41, 5.74) is 2.21. The van der Waals surface area contributed by atoms with Gasteiger partial charge in [0.05, 0.1) is 25.2 Å². The van der Waals surface area contributed by atoms with Crippen LogP contribution in [-0.4, -0.2) is 33.7 Å². The summed E-state index contributed by atoms with van der Waals surface area (Å²) < 4.78 is 12.4. The number of hydrogen-bond acceptors (Lipinski definition) is 5. The Hall–Kier alpha value is -2.11. The predicted molar refractivity (Wildman–Crippen MR) is 70.4 cm³/mol. The lowest BCUT2D eigenvalue weighted by Gasteiger charge is -2.12. The fourth-order valence-electron chi connectivity index (χ4n) is 1.94. The second-order valence-corrected chi connectivity index (χ2v) is 4.08. The number of ether oxygens (including phenoxy) is 2. The molecule has 0 radical (unpaired) electrons. The Bertz CT molecular complexity index is 619. The average molecular weight is 263 g/mol. The lowest BCUT2D eigenvalue weighted by atomic mass is 10.1. The molecule has 2 aromatic heterocycles. The van der Waals surface area contributed by atoms with Crippen LogP contribution in [0, 0.1) is 6.92 Å². The third-order valence-corrected chi connectivity index (χ3v) is 2.75. The van der Waals surface area contributed by atoms with Gasteiger partial charge in [0.15, 0.2) is 16.9 Å². The van der Waals surface area contributed by atoms with Gasteiger partial charge in [-0.2, -0.15) is 0 Å². The van der Waals surface area contributed by atoms with E-state index in [9.17, 15) is 4.79 Å². The van der Waals surface area contributed by atoms with Crippen LogP contribution in [-0.2, 0) is 11.8 Å². The number of fused-ring (bicyclic) bond motifs is 1. The van der Waals surface area contributed by atoms with Gasteiger partial charge in [-0.3, -0.25) is 0 Å². The zero-order chi connectivity index (χ0) is 14.0. The molecular weight excluding hydrogens is 246 g/mol. The molecule has 0 N–H and O–H groups in total. The van der Waals surface area contributed by atoms with E-state index in [2.05, 4.69) is 9.97 Å². The van der Waals surface area contributed by atoms with Gasteiger partial charge < -0.3 is 14.0 Å². The van der Waals surface area contributed by atoms with Crippen molar-refractivity contribution in [1.82, 2.24) is 14.5 Å². The minimum atomic E-state index is -0.427. The molecule has 0 unspecified atom stereocenters. The number of imidazole rings is 1. The third-order valence-electron chi connectivity index (χ3n) is 2.75. The molecule has 102 valence electrons. The number of esters is 1. The van der Waals surface area contributed by atoms with E-state index >= 15 is 0 Å². The number of carbonyl (C=O) groups excluding carboxylic acids is 1. The lowest BCUT2D eigenvalue weighted by Crippen LogP contribution is -2.12. The smallest absolute Gasteiger partial charge is 0.343 e. The molecule has 0 aliphatic carbocycles. The standard InChI is InChI=1S/C13H17N3O3/c1-5-18-11-9(13(17)19-6-2)8(3)15-12-10(11)14-7-16(12)4/h7H,5-6H2,1-4H3. The van der Waals surface area contributed by atoms with E-state index in [0.717, 1.165) is 0 Å². The molecule has 0 fully saturated rings. The van der Waals surface area contributed by atoms with E-state index in [1.807, 2.05) is 14.0 Å². The molecule has 19 heavy (non-hydrogen) atoms. The van der Waals surface area contributed by atoms with Crippen molar-refractivity contribution in [3.8, 4) is 5.75 Å². The Kier molecular flexibility index (Phi) is 3.69. The van der Waals surface area contributed by atoms with E-state index < -0.39 is 5.97 Å². The number of rotatable bonds is 4. The highest BCUT2D eigenvalue weighted by atomic mass is 16.5. The number of carbonyl (C=O) groups is 1. The maximum absolute atomic E-state index is 12.0. The van der Waals surface area contributed by atoms with Crippen LogP contribution >= 0.6 is 0 Å². The molecule has 0 spiro atoms. The molecule has 2 aromatic rings. The van der Waals surface area contributed by atoms with Gasteiger partial charge in [0.25, 0.3) is 0 Å². The molecule has 0 saturated carbocycles. The van der Waals surface area contributed by atoms with Crippen molar-refractivity contribution in [3.05, 3.63) is 17.6 Å². The summed E-state index contributed by atoms with van der Waals surface area (Å²) in [7, 11) is 1.85. The van der Waals surface area contributed by atoms with Crippen molar-refractivity contribution in [3.63, 3.8) is 0 Å². The summed E-state index contributed by atoms with van der Waals surface area (Å²) in [5, 5.41) is 0. The van der Waals surface area contributed by atoms with Crippen LogP contribution in [0.4, 0.5) is 0 Å². The monoisotopic (exact) mass is 263 g/mol. The number of aryl methyl sites for hydroxylation is 2. The first-order valence-electron chi connectivity index (χ1n) is 6.21. The second-order valence-electron chi connectivity index (χ2n) is 4.08.